The molecular formula is C25H28N2O3. The maximum atomic E-state index is 12.6. The SMILES string of the molecule is CC(C)COC(=NC(=O)c1ccco1)N(CCc1ccccc1)Cc1ccccc1. The lowest BCUT2D eigenvalue weighted by Crippen LogP contribution is -2.35. The summed E-state index contributed by atoms with van der Waals surface area (Å²) in [6.45, 7) is 5.87. The molecule has 0 N–H and O–H groups in total. The smallest absolute Gasteiger partial charge is 0.317 e. The van der Waals surface area contributed by atoms with Crippen LogP contribution in [0.3, 0.4) is 0 Å². The minimum Gasteiger partial charge on any atom is -0.465 e. The summed E-state index contributed by atoms with van der Waals surface area (Å²) < 4.78 is 11.2. The summed E-state index contributed by atoms with van der Waals surface area (Å²) in [6.07, 6.45) is 2.28. The molecule has 0 radical (unpaired) electrons. The minimum atomic E-state index is -0.448. The summed E-state index contributed by atoms with van der Waals surface area (Å²) in [4.78, 5) is 18.9. The normalized spacial score (nSPS) is 11.5. The van der Waals surface area contributed by atoms with Gasteiger partial charge in [-0.05, 0) is 35.6 Å². The van der Waals surface area contributed by atoms with Crippen LogP contribution in [0.2, 0.25) is 0 Å². The van der Waals surface area contributed by atoms with Gasteiger partial charge in [0.15, 0.2) is 5.76 Å². The molecule has 0 saturated heterocycles. The van der Waals surface area contributed by atoms with Crippen LogP contribution in [0.25, 0.3) is 0 Å². The number of hydrogen-bond acceptors (Lipinski definition) is 3. The summed E-state index contributed by atoms with van der Waals surface area (Å²) in [7, 11) is 0. The Balaban J connectivity index is 1.86. The van der Waals surface area contributed by atoms with Crippen LogP contribution in [0.15, 0.2) is 88.5 Å². The monoisotopic (exact) mass is 404 g/mol. The number of benzene rings is 2. The number of amides is 1. The average molecular weight is 405 g/mol. The van der Waals surface area contributed by atoms with Crippen LogP contribution in [0.1, 0.15) is 35.5 Å². The van der Waals surface area contributed by atoms with Crippen molar-refractivity contribution in [2.75, 3.05) is 13.2 Å². The van der Waals surface area contributed by atoms with E-state index in [0.717, 1.165) is 12.0 Å². The molecule has 0 bridgehead atoms. The molecule has 3 aromatic rings. The van der Waals surface area contributed by atoms with Crippen LogP contribution in [0.5, 0.6) is 0 Å². The minimum absolute atomic E-state index is 0.198. The summed E-state index contributed by atoms with van der Waals surface area (Å²) >= 11 is 0. The number of ether oxygens (including phenoxy) is 1. The molecule has 5 heteroatoms. The quantitative estimate of drug-likeness (QED) is 0.383. The van der Waals surface area contributed by atoms with Gasteiger partial charge in [-0.2, -0.15) is 4.99 Å². The van der Waals surface area contributed by atoms with Crippen LogP contribution in [-0.2, 0) is 17.7 Å². The van der Waals surface area contributed by atoms with E-state index < -0.39 is 5.91 Å². The Morgan fingerprint density at radius 1 is 0.967 bits per heavy atom. The predicted octanol–water partition coefficient (Wildman–Crippen LogP) is 5.19. The van der Waals surface area contributed by atoms with Crippen molar-refractivity contribution < 1.29 is 13.9 Å². The highest BCUT2D eigenvalue weighted by Gasteiger charge is 2.18. The molecule has 1 amide bonds. The topological polar surface area (TPSA) is 55.0 Å². The maximum absolute atomic E-state index is 12.6. The Morgan fingerprint density at radius 2 is 1.63 bits per heavy atom. The molecule has 30 heavy (non-hydrogen) atoms. The summed E-state index contributed by atoms with van der Waals surface area (Å²) in [5, 5.41) is 0. The number of amidine groups is 1. The molecule has 1 aromatic heterocycles. The molecular weight excluding hydrogens is 376 g/mol. The van der Waals surface area contributed by atoms with Crippen LogP contribution in [0.4, 0.5) is 0 Å². The molecule has 2 aromatic carbocycles. The standard InChI is InChI=1S/C25H28N2O3/c1-20(2)19-30-25(26-24(28)23-14-9-17-29-23)27(18-22-12-7-4-8-13-22)16-15-21-10-5-3-6-11-21/h3-14,17,20H,15-16,18-19H2,1-2H3. The van der Waals surface area contributed by atoms with Gasteiger partial charge in [-0.15, -0.1) is 0 Å². The van der Waals surface area contributed by atoms with E-state index in [4.69, 9.17) is 9.15 Å². The molecule has 0 spiro atoms. The first kappa shape index (κ1) is 21.4. The van der Waals surface area contributed by atoms with Gasteiger partial charge in [-0.25, -0.2) is 0 Å². The van der Waals surface area contributed by atoms with Crippen LogP contribution >= 0.6 is 0 Å². The number of nitrogens with zero attached hydrogens (tertiary/aromatic N) is 2. The van der Waals surface area contributed by atoms with Crippen molar-refractivity contribution in [2.45, 2.75) is 26.8 Å². The van der Waals surface area contributed by atoms with Crippen molar-refractivity contribution in [2.24, 2.45) is 10.9 Å². The van der Waals surface area contributed by atoms with Gasteiger partial charge in [0.1, 0.15) is 0 Å². The molecule has 156 valence electrons. The van der Waals surface area contributed by atoms with Gasteiger partial charge in [0.05, 0.1) is 12.9 Å². The Morgan fingerprint density at radius 3 is 2.23 bits per heavy atom. The van der Waals surface area contributed by atoms with Crippen molar-refractivity contribution in [1.29, 1.82) is 0 Å². The molecule has 0 saturated carbocycles. The number of carbonyl (C=O) groups is 1. The molecule has 0 aliphatic carbocycles. The second kappa shape index (κ2) is 11.0. The fraction of sp³-hybridized carbons (Fsp3) is 0.280. The number of rotatable bonds is 8. The fourth-order valence-corrected chi connectivity index (χ4v) is 2.93. The number of aliphatic imine (C=N–C) groups is 1. The van der Waals surface area contributed by atoms with Crippen molar-refractivity contribution in [3.8, 4) is 0 Å². The van der Waals surface area contributed by atoms with E-state index in [2.05, 4.69) is 43.1 Å². The van der Waals surface area contributed by atoms with Gasteiger partial charge in [0.25, 0.3) is 6.02 Å². The Labute approximate surface area is 178 Å². The first-order valence-corrected chi connectivity index (χ1v) is 10.2. The van der Waals surface area contributed by atoms with E-state index >= 15 is 0 Å². The predicted molar refractivity (Wildman–Crippen MR) is 118 cm³/mol. The third-order valence-electron chi connectivity index (χ3n) is 4.47. The fourth-order valence-electron chi connectivity index (χ4n) is 2.93. The molecule has 3 rings (SSSR count). The summed E-state index contributed by atoms with van der Waals surface area (Å²) in [5.74, 6) is 0.0570. The zero-order chi connectivity index (χ0) is 21.2. The second-order valence-electron chi connectivity index (χ2n) is 7.52. The number of carbonyl (C=O) groups excluding carboxylic acids is 1. The van der Waals surface area contributed by atoms with Gasteiger partial charge in [-0.1, -0.05) is 74.5 Å². The first-order valence-electron chi connectivity index (χ1n) is 10.2. The summed E-state index contributed by atoms with van der Waals surface area (Å²) in [6, 6.07) is 24.0. The van der Waals surface area contributed by atoms with Crippen LogP contribution < -0.4 is 0 Å². The van der Waals surface area contributed by atoms with E-state index in [1.807, 2.05) is 41.3 Å². The third-order valence-corrected chi connectivity index (χ3v) is 4.47. The zero-order valence-electron chi connectivity index (χ0n) is 17.5. The van der Waals surface area contributed by atoms with Crippen LogP contribution in [0, 0.1) is 5.92 Å². The van der Waals surface area contributed by atoms with Crippen molar-refractivity contribution in [3.05, 3.63) is 95.9 Å². The second-order valence-corrected chi connectivity index (χ2v) is 7.52. The van der Waals surface area contributed by atoms with Crippen LogP contribution in [-0.4, -0.2) is 30.0 Å². The lowest BCUT2D eigenvalue weighted by atomic mass is 10.1. The Kier molecular flexibility index (Phi) is 7.84. The van der Waals surface area contributed by atoms with Gasteiger partial charge in [0, 0.05) is 13.1 Å². The maximum Gasteiger partial charge on any atom is 0.317 e. The number of furan rings is 1. The zero-order valence-corrected chi connectivity index (χ0v) is 17.5. The molecule has 5 nitrogen and oxygen atoms in total. The van der Waals surface area contributed by atoms with Gasteiger partial charge in [0.2, 0.25) is 0 Å². The van der Waals surface area contributed by atoms with E-state index in [0.29, 0.717) is 31.6 Å². The molecule has 0 unspecified atom stereocenters. The van der Waals surface area contributed by atoms with Crippen molar-refractivity contribution >= 4 is 11.9 Å². The Hall–Kier alpha value is -3.34. The largest absolute Gasteiger partial charge is 0.465 e. The highest BCUT2D eigenvalue weighted by molar-refractivity contribution is 5.99. The molecule has 0 aliphatic rings. The third kappa shape index (κ3) is 6.62. The van der Waals surface area contributed by atoms with Crippen molar-refractivity contribution in [1.82, 2.24) is 4.90 Å². The van der Waals surface area contributed by atoms with E-state index in [9.17, 15) is 4.79 Å². The number of hydrogen-bond donors (Lipinski definition) is 0. The highest BCUT2D eigenvalue weighted by Crippen LogP contribution is 2.12. The van der Waals surface area contributed by atoms with E-state index in [1.54, 1.807) is 12.1 Å². The molecule has 1 heterocycles. The van der Waals surface area contributed by atoms with Gasteiger partial charge < -0.3 is 14.1 Å². The highest BCUT2D eigenvalue weighted by atomic mass is 16.5. The lowest BCUT2D eigenvalue weighted by Gasteiger charge is -2.26. The molecule has 0 fully saturated rings. The molecule has 0 aliphatic heterocycles. The van der Waals surface area contributed by atoms with Crippen molar-refractivity contribution in [3.63, 3.8) is 0 Å². The van der Waals surface area contributed by atoms with Gasteiger partial charge >= 0.3 is 5.91 Å². The van der Waals surface area contributed by atoms with Gasteiger partial charge in [-0.3, -0.25) is 4.79 Å². The Bertz CT molecular complexity index is 920. The molecule has 0 atom stereocenters. The average Bonchev–Trinajstić information content (AvgIpc) is 3.30. The lowest BCUT2D eigenvalue weighted by molar-refractivity contribution is 0.0964. The first-order chi connectivity index (χ1) is 14.6. The van der Waals surface area contributed by atoms with E-state index in [1.165, 1.54) is 11.8 Å². The summed E-state index contributed by atoms with van der Waals surface area (Å²) in [5.41, 5.74) is 2.34. The van der Waals surface area contributed by atoms with E-state index in [-0.39, 0.29) is 5.76 Å².